The van der Waals surface area contributed by atoms with Crippen molar-refractivity contribution in [2.75, 3.05) is 32.2 Å². The monoisotopic (exact) mass is 459 g/mol. The van der Waals surface area contributed by atoms with E-state index >= 15 is 0 Å². The van der Waals surface area contributed by atoms with Crippen molar-refractivity contribution >= 4 is 38.8 Å². The van der Waals surface area contributed by atoms with Crippen LogP contribution in [-0.4, -0.2) is 47.7 Å². The predicted molar refractivity (Wildman–Crippen MR) is 120 cm³/mol. The molecule has 0 fully saturated rings. The van der Waals surface area contributed by atoms with Gasteiger partial charge in [0, 0.05) is 24.2 Å². The van der Waals surface area contributed by atoms with Gasteiger partial charge >= 0.3 is 11.9 Å². The van der Waals surface area contributed by atoms with Crippen LogP contribution >= 0.6 is 0 Å². The summed E-state index contributed by atoms with van der Waals surface area (Å²) in [6, 6.07) is 13.1. The van der Waals surface area contributed by atoms with Gasteiger partial charge in [0.2, 0.25) is 0 Å². The Morgan fingerprint density at radius 3 is 1.72 bits per heavy atom. The minimum atomic E-state index is -3.49. The third-order valence-electron chi connectivity index (χ3n) is 4.51. The highest BCUT2D eigenvalue weighted by Gasteiger charge is 2.12. The van der Waals surface area contributed by atoms with E-state index in [1.807, 2.05) is 17.0 Å². The first-order valence-corrected chi connectivity index (χ1v) is 11.2. The molecule has 0 saturated heterocycles. The molecule has 10 heteroatoms. The maximum atomic E-state index is 11.8. The summed E-state index contributed by atoms with van der Waals surface area (Å²) in [4.78, 5) is 25.0. The molecule has 2 rings (SSSR count). The van der Waals surface area contributed by atoms with Crippen molar-refractivity contribution in [2.45, 2.75) is 17.7 Å². The molecule has 0 unspecified atom stereocenters. The van der Waals surface area contributed by atoms with Crippen LogP contribution in [0.5, 0.6) is 0 Å². The summed E-state index contributed by atoms with van der Waals surface area (Å²) in [5, 5.41) is 9.16. The number of benzene rings is 2. The van der Waals surface area contributed by atoms with Crippen LogP contribution in [0.1, 0.15) is 12.8 Å². The lowest BCUT2D eigenvalue weighted by Gasteiger charge is -2.24. The van der Waals surface area contributed by atoms with Gasteiger partial charge in [0.25, 0.3) is 0 Å². The van der Waals surface area contributed by atoms with Crippen molar-refractivity contribution in [3.05, 3.63) is 60.5 Å². The van der Waals surface area contributed by atoms with Crippen LogP contribution in [0.3, 0.4) is 0 Å². The lowest BCUT2D eigenvalue weighted by Crippen LogP contribution is -2.29. The van der Waals surface area contributed by atoms with Crippen molar-refractivity contribution in [1.82, 2.24) is 0 Å². The van der Waals surface area contributed by atoms with Crippen LogP contribution in [0.2, 0.25) is 0 Å². The van der Waals surface area contributed by atoms with Gasteiger partial charge in [-0.2, -0.15) is 10.2 Å². The molecule has 0 N–H and O–H groups in total. The molecule has 0 spiro atoms. The second-order valence-electron chi connectivity index (χ2n) is 6.56. The smallest absolute Gasteiger partial charge is 0.307 e. The van der Waals surface area contributed by atoms with Crippen molar-refractivity contribution < 1.29 is 27.5 Å². The molecule has 0 saturated carbocycles. The number of carbonyl (C=O) groups excluding carboxylic acids is 2. The molecule has 0 atom stereocenters. The first-order chi connectivity index (χ1) is 15.3. The summed E-state index contributed by atoms with van der Waals surface area (Å²) in [5.74, 6) is -0.684. The molecule has 2 aromatic rings. The zero-order valence-electron chi connectivity index (χ0n) is 17.9. The second kappa shape index (κ2) is 11.8. The third-order valence-corrected chi connectivity index (χ3v) is 5.88. The summed E-state index contributed by atoms with van der Waals surface area (Å²) >= 11 is 0. The second-order valence-corrected chi connectivity index (χ2v) is 8.46. The number of ether oxygens (including phenoxy) is 2. The number of nitrogens with zero attached hydrogens (tertiary/aromatic N) is 3. The summed E-state index contributed by atoms with van der Waals surface area (Å²) < 4.78 is 32.9. The highest BCUT2D eigenvalue weighted by Crippen LogP contribution is 2.24. The highest BCUT2D eigenvalue weighted by atomic mass is 32.2. The molecule has 0 bridgehead atoms. The summed E-state index contributed by atoms with van der Waals surface area (Å²) in [7, 11) is -0.837. The van der Waals surface area contributed by atoms with Gasteiger partial charge in [0.1, 0.15) is 0 Å². The van der Waals surface area contributed by atoms with E-state index in [1.165, 1.54) is 26.4 Å². The Morgan fingerprint density at radius 1 is 0.875 bits per heavy atom. The number of hydrogen-bond donors (Lipinski definition) is 0. The average molecular weight is 460 g/mol. The predicted octanol–water partition coefficient (Wildman–Crippen LogP) is 3.95. The van der Waals surface area contributed by atoms with E-state index in [2.05, 4.69) is 26.3 Å². The lowest BCUT2D eigenvalue weighted by atomic mass is 10.2. The zero-order chi connectivity index (χ0) is 23.6. The van der Waals surface area contributed by atoms with Crippen LogP contribution in [0, 0.1) is 0 Å². The third kappa shape index (κ3) is 7.31. The van der Waals surface area contributed by atoms with E-state index in [9.17, 15) is 18.0 Å². The van der Waals surface area contributed by atoms with E-state index in [1.54, 1.807) is 24.3 Å². The number of hydrogen-bond acceptors (Lipinski definition) is 9. The number of azo groups is 1. The molecule has 0 amide bonds. The number of methoxy groups -OCH3 is 2. The maximum Gasteiger partial charge on any atom is 0.307 e. The van der Waals surface area contributed by atoms with Crippen LogP contribution in [-0.2, 0) is 28.9 Å². The number of anilines is 1. The van der Waals surface area contributed by atoms with Crippen molar-refractivity contribution in [3.8, 4) is 0 Å². The molecule has 0 radical (unpaired) electrons. The van der Waals surface area contributed by atoms with Gasteiger partial charge in [-0.05, 0) is 48.5 Å². The zero-order valence-corrected chi connectivity index (χ0v) is 18.7. The Labute approximate surface area is 187 Å². The maximum absolute atomic E-state index is 11.8. The minimum Gasteiger partial charge on any atom is -0.469 e. The minimum absolute atomic E-state index is 0.134. The van der Waals surface area contributed by atoms with Crippen LogP contribution in [0.15, 0.2) is 75.6 Å². The van der Waals surface area contributed by atoms with Crippen LogP contribution in [0.4, 0.5) is 17.1 Å². The summed E-state index contributed by atoms with van der Waals surface area (Å²) in [6.45, 7) is 4.06. The van der Waals surface area contributed by atoms with E-state index in [-0.39, 0.29) is 29.7 Å². The first-order valence-electron chi connectivity index (χ1n) is 9.67. The highest BCUT2D eigenvalue weighted by molar-refractivity contribution is 7.94. The van der Waals surface area contributed by atoms with Crippen molar-refractivity contribution in [3.63, 3.8) is 0 Å². The molecule has 0 heterocycles. The lowest BCUT2D eigenvalue weighted by molar-refractivity contribution is -0.140. The van der Waals surface area contributed by atoms with Gasteiger partial charge < -0.3 is 14.4 Å². The van der Waals surface area contributed by atoms with Gasteiger partial charge in [0.15, 0.2) is 9.84 Å². The number of carbonyl (C=O) groups is 2. The fourth-order valence-electron chi connectivity index (χ4n) is 2.67. The SMILES string of the molecule is C=CS(=O)(=O)c1ccc(N=Nc2ccc(N(CCC(=O)OC)CCC(=O)OC)cc2)cc1. The van der Waals surface area contributed by atoms with Gasteiger partial charge in [0.05, 0.1) is 43.3 Å². The quantitative estimate of drug-likeness (QED) is 0.369. The van der Waals surface area contributed by atoms with E-state index in [0.29, 0.717) is 24.5 Å². The Morgan fingerprint density at radius 2 is 1.31 bits per heavy atom. The molecule has 32 heavy (non-hydrogen) atoms. The van der Waals surface area contributed by atoms with Crippen molar-refractivity contribution in [2.24, 2.45) is 10.2 Å². The van der Waals surface area contributed by atoms with E-state index in [0.717, 1.165) is 11.1 Å². The molecule has 0 aromatic heterocycles. The van der Waals surface area contributed by atoms with Gasteiger partial charge in [-0.15, -0.1) is 0 Å². The van der Waals surface area contributed by atoms with Gasteiger partial charge in [-0.25, -0.2) is 8.42 Å². The normalized spacial score (nSPS) is 11.2. The molecular formula is C22H25N3O6S. The fraction of sp³-hybridized carbons (Fsp3) is 0.273. The van der Waals surface area contributed by atoms with E-state index < -0.39 is 9.84 Å². The Kier molecular flexibility index (Phi) is 9.08. The number of esters is 2. The number of rotatable bonds is 11. The molecule has 0 aliphatic rings. The molecule has 170 valence electrons. The van der Waals surface area contributed by atoms with E-state index in [4.69, 9.17) is 0 Å². The molecular weight excluding hydrogens is 434 g/mol. The summed E-state index contributed by atoms with van der Waals surface area (Å²) in [6.07, 6.45) is 0.355. The van der Waals surface area contributed by atoms with Crippen LogP contribution < -0.4 is 4.90 Å². The fourth-order valence-corrected chi connectivity index (χ4v) is 3.38. The number of sulfone groups is 1. The first kappa shape index (κ1) is 24.7. The average Bonchev–Trinajstić information content (AvgIpc) is 2.83. The molecule has 0 aliphatic heterocycles. The summed E-state index contributed by atoms with van der Waals surface area (Å²) in [5.41, 5.74) is 1.88. The topological polar surface area (TPSA) is 115 Å². The Balaban J connectivity index is 2.10. The Bertz CT molecular complexity index is 1040. The standard InChI is InChI=1S/C22H25N3O6S/c1-4-32(28,29)20-11-7-18(8-12-20)24-23-17-5-9-19(10-6-17)25(15-13-21(26)30-2)16-14-22(27)31-3/h4-12H,1,13-16H2,2-3H3. The molecule has 9 nitrogen and oxygen atoms in total. The van der Waals surface area contributed by atoms with Gasteiger partial charge in [-0.1, -0.05) is 6.58 Å². The van der Waals surface area contributed by atoms with Crippen LogP contribution in [0.25, 0.3) is 0 Å². The molecule has 2 aromatic carbocycles. The Hall–Kier alpha value is -3.53. The van der Waals surface area contributed by atoms with Crippen molar-refractivity contribution in [1.29, 1.82) is 0 Å². The molecule has 0 aliphatic carbocycles. The largest absolute Gasteiger partial charge is 0.469 e. The van der Waals surface area contributed by atoms with Gasteiger partial charge in [-0.3, -0.25) is 9.59 Å².